The fourth-order valence-corrected chi connectivity index (χ4v) is 2.40. The molecule has 0 bridgehead atoms. The molecule has 0 saturated heterocycles. The summed E-state index contributed by atoms with van der Waals surface area (Å²) in [7, 11) is 0. The van der Waals surface area contributed by atoms with Gasteiger partial charge >= 0.3 is 6.18 Å². The fraction of sp³-hybridized carbons (Fsp3) is 0.600. The van der Waals surface area contributed by atoms with Gasteiger partial charge in [-0.05, 0) is 55.9 Å². The molecular formula is C15H20F3N. The number of rotatable bonds is 4. The zero-order valence-corrected chi connectivity index (χ0v) is 11.5. The molecule has 1 N–H and O–H groups in total. The summed E-state index contributed by atoms with van der Waals surface area (Å²) < 4.78 is 37.9. The highest BCUT2D eigenvalue weighted by molar-refractivity contribution is 5.35. The molecule has 1 aromatic rings. The quantitative estimate of drug-likeness (QED) is 0.863. The Hall–Kier alpha value is -1.03. The standard InChI is InChI=1S/C15H20F3N/c1-9-8-12(15(16,17)18)4-7-14(9)10(2)11(3)19-13-5-6-13/h4,7-8,10-11,13,19H,5-6H2,1-3H3. The van der Waals surface area contributed by atoms with Crippen LogP contribution in [0, 0.1) is 6.92 Å². The molecule has 2 rings (SSSR count). The highest BCUT2D eigenvalue weighted by Gasteiger charge is 2.31. The molecule has 1 aliphatic rings. The molecule has 4 heteroatoms. The molecule has 2 atom stereocenters. The lowest BCUT2D eigenvalue weighted by Gasteiger charge is -2.24. The molecule has 1 fully saturated rings. The van der Waals surface area contributed by atoms with Crippen LogP contribution in [0.25, 0.3) is 0 Å². The highest BCUT2D eigenvalue weighted by Crippen LogP contribution is 2.33. The summed E-state index contributed by atoms with van der Waals surface area (Å²) >= 11 is 0. The molecule has 0 aromatic heterocycles. The van der Waals surface area contributed by atoms with Gasteiger partial charge in [0, 0.05) is 12.1 Å². The number of benzene rings is 1. The zero-order valence-electron chi connectivity index (χ0n) is 11.5. The third kappa shape index (κ3) is 3.50. The van der Waals surface area contributed by atoms with Crippen molar-refractivity contribution in [2.75, 3.05) is 0 Å². The van der Waals surface area contributed by atoms with Crippen LogP contribution in [0.3, 0.4) is 0 Å². The highest BCUT2D eigenvalue weighted by atomic mass is 19.4. The molecule has 0 heterocycles. The van der Waals surface area contributed by atoms with Crippen molar-refractivity contribution in [2.45, 2.75) is 57.8 Å². The summed E-state index contributed by atoms with van der Waals surface area (Å²) in [5.41, 5.74) is 1.14. The van der Waals surface area contributed by atoms with Crippen LogP contribution in [-0.4, -0.2) is 12.1 Å². The average molecular weight is 271 g/mol. The SMILES string of the molecule is Cc1cc(C(F)(F)F)ccc1C(C)C(C)NC1CC1. The van der Waals surface area contributed by atoms with Gasteiger partial charge in [0.15, 0.2) is 0 Å². The number of nitrogens with one attached hydrogen (secondary N) is 1. The number of hydrogen-bond donors (Lipinski definition) is 1. The second kappa shape index (κ2) is 5.16. The van der Waals surface area contributed by atoms with E-state index in [1.165, 1.54) is 25.0 Å². The van der Waals surface area contributed by atoms with Crippen LogP contribution in [0.2, 0.25) is 0 Å². The summed E-state index contributed by atoms with van der Waals surface area (Å²) in [6.07, 6.45) is -1.84. The average Bonchev–Trinajstić information content (AvgIpc) is 3.10. The van der Waals surface area contributed by atoms with Gasteiger partial charge in [0.2, 0.25) is 0 Å². The summed E-state index contributed by atoms with van der Waals surface area (Å²) in [5.74, 6) is 0.211. The van der Waals surface area contributed by atoms with Crippen LogP contribution in [0.1, 0.15) is 49.3 Å². The monoisotopic (exact) mass is 271 g/mol. The molecule has 19 heavy (non-hydrogen) atoms. The van der Waals surface area contributed by atoms with Crippen molar-refractivity contribution in [1.82, 2.24) is 5.32 Å². The van der Waals surface area contributed by atoms with E-state index in [9.17, 15) is 13.2 Å². The maximum absolute atomic E-state index is 12.6. The zero-order chi connectivity index (χ0) is 14.2. The van der Waals surface area contributed by atoms with Crippen molar-refractivity contribution in [1.29, 1.82) is 0 Å². The van der Waals surface area contributed by atoms with Gasteiger partial charge in [0.25, 0.3) is 0 Å². The van der Waals surface area contributed by atoms with E-state index in [0.29, 0.717) is 11.6 Å². The first-order chi connectivity index (χ1) is 8.79. The Morgan fingerprint density at radius 3 is 2.32 bits per heavy atom. The largest absolute Gasteiger partial charge is 0.416 e. The lowest BCUT2D eigenvalue weighted by Crippen LogP contribution is -2.32. The van der Waals surface area contributed by atoms with Crippen LogP contribution < -0.4 is 5.32 Å². The minimum Gasteiger partial charge on any atom is -0.311 e. The van der Waals surface area contributed by atoms with E-state index < -0.39 is 11.7 Å². The van der Waals surface area contributed by atoms with Gasteiger partial charge in [-0.25, -0.2) is 0 Å². The van der Waals surface area contributed by atoms with E-state index in [0.717, 1.165) is 5.56 Å². The van der Waals surface area contributed by atoms with Crippen LogP contribution in [0.15, 0.2) is 18.2 Å². The van der Waals surface area contributed by atoms with Crippen molar-refractivity contribution in [3.63, 3.8) is 0 Å². The Morgan fingerprint density at radius 2 is 1.84 bits per heavy atom. The van der Waals surface area contributed by atoms with E-state index in [2.05, 4.69) is 19.2 Å². The Morgan fingerprint density at radius 1 is 1.21 bits per heavy atom. The molecule has 0 radical (unpaired) electrons. The first kappa shape index (κ1) is 14.4. The van der Waals surface area contributed by atoms with Crippen molar-refractivity contribution >= 4 is 0 Å². The van der Waals surface area contributed by atoms with E-state index >= 15 is 0 Å². The molecule has 106 valence electrons. The molecular weight excluding hydrogens is 251 g/mol. The van der Waals surface area contributed by atoms with E-state index in [1.807, 2.05) is 0 Å². The molecule has 1 aromatic carbocycles. The summed E-state index contributed by atoms with van der Waals surface area (Å²) in [6.45, 7) is 5.92. The Bertz CT molecular complexity index is 449. The Balaban J connectivity index is 2.15. The number of halogens is 3. The van der Waals surface area contributed by atoms with E-state index in [4.69, 9.17) is 0 Å². The van der Waals surface area contributed by atoms with Crippen molar-refractivity contribution in [2.24, 2.45) is 0 Å². The second-order valence-corrected chi connectivity index (χ2v) is 5.59. The first-order valence-corrected chi connectivity index (χ1v) is 6.73. The third-order valence-electron chi connectivity index (χ3n) is 3.91. The molecule has 1 nitrogen and oxygen atoms in total. The van der Waals surface area contributed by atoms with Gasteiger partial charge in [-0.1, -0.05) is 13.0 Å². The third-order valence-corrected chi connectivity index (χ3v) is 3.91. The summed E-state index contributed by atoms with van der Waals surface area (Å²) in [4.78, 5) is 0. The molecule has 1 saturated carbocycles. The predicted octanol–water partition coefficient (Wildman–Crippen LogP) is 4.26. The molecule has 2 unspecified atom stereocenters. The maximum Gasteiger partial charge on any atom is 0.416 e. The normalized spacial score (nSPS) is 19.3. The summed E-state index contributed by atoms with van der Waals surface area (Å²) in [6, 6.07) is 4.93. The van der Waals surface area contributed by atoms with Gasteiger partial charge in [-0.3, -0.25) is 0 Å². The van der Waals surface area contributed by atoms with Gasteiger partial charge in [0.1, 0.15) is 0 Å². The van der Waals surface area contributed by atoms with Gasteiger partial charge in [-0.15, -0.1) is 0 Å². The minimum atomic E-state index is -4.26. The lowest BCUT2D eigenvalue weighted by atomic mass is 9.90. The topological polar surface area (TPSA) is 12.0 Å². The lowest BCUT2D eigenvalue weighted by molar-refractivity contribution is -0.137. The number of aryl methyl sites for hydroxylation is 1. The predicted molar refractivity (Wildman–Crippen MR) is 70.2 cm³/mol. The molecule has 0 spiro atoms. The van der Waals surface area contributed by atoms with Crippen LogP contribution in [-0.2, 0) is 6.18 Å². The second-order valence-electron chi connectivity index (χ2n) is 5.59. The molecule has 1 aliphatic carbocycles. The number of alkyl halides is 3. The Labute approximate surface area is 112 Å². The van der Waals surface area contributed by atoms with Crippen LogP contribution >= 0.6 is 0 Å². The molecule has 0 amide bonds. The van der Waals surface area contributed by atoms with Gasteiger partial charge in [-0.2, -0.15) is 13.2 Å². The maximum atomic E-state index is 12.6. The van der Waals surface area contributed by atoms with E-state index in [1.54, 1.807) is 13.0 Å². The van der Waals surface area contributed by atoms with E-state index in [-0.39, 0.29) is 12.0 Å². The minimum absolute atomic E-state index is 0.211. The van der Waals surface area contributed by atoms with Gasteiger partial charge < -0.3 is 5.32 Å². The van der Waals surface area contributed by atoms with Gasteiger partial charge in [0.05, 0.1) is 5.56 Å². The smallest absolute Gasteiger partial charge is 0.311 e. The fourth-order valence-electron chi connectivity index (χ4n) is 2.40. The first-order valence-electron chi connectivity index (χ1n) is 6.73. The molecule has 0 aliphatic heterocycles. The van der Waals surface area contributed by atoms with Crippen molar-refractivity contribution < 1.29 is 13.2 Å². The van der Waals surface area contributed by atoms with Crippen molar-refractivity contribution in [3.8, 4) is 0 Å². The summed E-state index contributed by atoms with van der Waals surface area (Å²) in [5, 5.41) is 3.50. The van der Waals surface area contributed by atoms with Crippen molar-refractivity contribution in [3.05, 3.63) is 34.9 Å². The van der Waals surface area contributed by atoms with Crippen LogP contribution in [0.4, 0.5) is 13.2 Å². The van der Waals surface area contributed by atoms with Crippen LogP contribution in [0.5, 0.6) is 0 Å². The number of hydrogen-bond acceptors (Lipinski definition) is 1. The Kier molecular flexibility index (Phi) is 3.90.